The number of nitrogens with one attached hydrogen (secondary N) is 2. The van der Waals surface area contributed by atoms with E-state index >= 15 is 0 Å². The van der Waals surface area contributed by atoms with E-state index in [-0.39, 0.29) is 5.91 Å². The van der Waals surface area contributed by atoms with Crippen LogP contribution in [0, 0.1) is 5.92 Å². The minimum atomic E-state index is 0.108. The molecule has 18 heavy (non-hydrogen) atoms. The van der Waals surface area contributed by atoms with Crippen LogP contribution in [0.1, 0.15) is 26.7 Å². The molecule has 4 heteroatoms. The molecule has 0 aromatic rings. The Morgan fingerprint density at radius 2 is 2.06 bits per heavy atom. The highest BCUT2D eigenvalue weighted by Gasteiger charge is 2.17. The number of rotatable bonds is 4. The van der Waals surface area contributed by atoms with Crippen LogP contribution in [0.4, 0.5) is 0 Å². The van der Waals surface area contributed by atoms with Crippen molar-refractivity contribution in [1.82, 2.24) is 15.5 Å². The van der Waals surface area contributed by atoms with Crippen LogP contribution in [0.3, 0.4) is 0 Å². The summed E-state index contributed by atoms with van der Waals surface area (Å²) in [5, 5.41) is 6.19. The molecule has 2 saturated heterocycles. The van der Waals surface area contributed by atoms with E-state index in [9.17, 15) is 4.79 Å². The lowest BCUT2D eigenvalue weighted by molar-refractivity contribution is -0.117. The van der Waals surface area contributed by atoms with Gasteiger partial charge in [0.2, 0.25) is 5.91 Å². The van der Waals surface area contributed by atoms with Crippen LogP contribution < -0.4 is 10.6 Å². The van der Waals surface area contributed by atoms with Gasteiger partial charge in [-0.05, 0) is 44.3 Å². The maximum atomic E-state index is 11.9. The summed E-state index contributed by atoms with van der Waals surface area (Å²) in [6.45, 7) is 10.1. The molecule has 0 spiro atoms. The Hall–Kier alpha value is -0.870. The molecule has 102 valence electrons. The maximum absolute atomic E-state index is 11.9. The Labute approximate surface area is 110 Å². The zero-order valence-corrected chi connectivity index (χ0v) is 11.6. The van der Waals surface area contributed by atoms with E-state index in [2.05, 4.69) is 22.5 Å². The van der Waals surface area contributed by atoms with Gasteiger partial charge in [-0.3, -0.25) is 4.79 Å². The number of hydrogen-bond acceptors (Lipinski definition) is 3. The van der Waals surface area contributed by atoms with Crippen LogP contribution in [0.5, 0.6) is 0 Å². The Bertz CT molecular complexity index is 324. The van der Waals surface area contributed by atoms with E-state index in [1.807, 2.05) is 6.92 Å². The fourth-order valence-electron chi connectivity index (χ4n) is 2.42. The molecule has 1 amide bonds. The molecule has 0 aromatic carbocycles. The second kappa shape index (κ2) is 6.34. The molecule has 2 N–H and O–H groups in total. The van der Waals surface area contributed by atoms with Crippen molar-refractivity contribution in [1.29, 1.82) is 0 Å². The summed E-state index contributed by atoms with van der Waals surface area (Å²) in [7, 11) is 0. The average Bonchev–Trinajstić information content (AvgIpc) is 2.29. The number of nitrogens with zero attached hydrogens (tertiary/aromatic N) is 1. The van der Waals surface area contributed by atoms with Crippen molar-refractivity contribution in [2.45, 2.75) is 26.7 Å². The molecule has 0 aliphatic carbocycles. The van der Waals surface area contributed by atoms with Gasteiger partial charge in [-0.15, -0.1) is 0 Å². The minimum absolute atomic E-state index is 0.108. The van der Waals surface area contributed by atoms with Crippen molar-refractivity contribution in [2.24, 2.45) is 5.92 Å². The smallest absolute Gasteiger partial charge is 0.247 e. The zero-order chi connectivity index (χ0) is 13.0. The van der Waals surface area contributed by atoms with E-state index in [4.69, 9.17) is 0 Å². The summed E-state index contributed by atoms with van der Waals surface area (Å²) < 4.78 is 0. The third-order valence-corrected chi connectivity index (χ3v) is 4.14. The molecule has 2 aliphatic rings. The van der Waals surface area contributed by atoms with Crippen LogP contribution in [0.25, 0.3) is 0 Å². The molecule has 2 fully saturated rings. The van der Waals surface area contributed by atoms with Gasteiger partial charge in [0.25, 0.3) is 0 Å². The average molecular weight is 251 g/mol. The molecule has 0 unspecified atom stereocenters. The van der Waals surface area contributed by atoms with Crippen molar-refractivity contribution < 1.29 is 4.79 Å². The monoisotopic (exact) mass is 251 g/mol. The topological polar surface area (TPSA) is 44.4 Å². The van der Waals surface area contributed by atoms with Crippen molar-refractivity contribution in [3.8, 4) is 0 Å². The van der Waals surface area contributed by atoms with Crippen LogP contribution in [-0.4, -0.2) is 50.1 Å². The summed E-state index contributed by atoms with van der Waals surface area (Å²) in [5.74, 6) is 0.978. The summed E-state index contributed by atoms with van der Waals surface area (Å²) in [6, 6.07) is 0. The van der Waals surface area contributed by atoms with E-state index in [0.717, 1.165) is 37.7 Å². The Morgan fingerprint density at radius 1 is 1.39 bits per heavy atom. The molecular weight excluding hydrogens is 226 g/mol. The predicted molar refractivity (Wildman–Crippen MR) is 73.4 cm³/mol. The SMILES string of the molecule is CC(C(=O)NCCN1CCC(C)CC1)=C1CNC1. The first-order valence-corrected chi connectivity index (χ1v) is 7.06. The first kappa shape index (κ1) is 13.6. The lowest BCUT2D eigenvalue weighted by Crippen LogP contribution is -2.41. The van der Waals surface area contributed by atoms with Crippen molar-refractivity contribution in [3.05, 3.63) is 11.1 Å². The zero-order valence-electron chi connectivity index (χ0n) is 11.6. The molecule has 0 atom stereocenters. The highest BCUT2D eigenvalue weighted by Crippen LogP contribution is 2.15. The highest BCUT2D eigenvalue weighted by molar-refractivity contribution is 5.93. The second-order valence-corrected chi connectivity index (χ2v) is 5.61. The number of hydrogen-bond donors (Lipinski definition) is 2. The highest BCUT2D eigenvalue weighted by atomic mass is 16.1. The summed E-state index contributed by atoms with van der Waals surface area (Å²) in [6.07, 6.45) is 2.59. The van der Waals surface area contributed by atoms with Gasteiger partial charge in [0.05, 0.1) is 0 Å². The maximum Gasteiger partial charge on any atom is 0.247 e. The van der Waals surface area contributed by atoms with Gasteiger partial charge in [0, 0.05) is 31.8 Å². The molecule has 4 nitrogen and oxygen atoms in total. The van der Waals surface area contributed by atoms with Gasteiger partial charge >= 0.3 is 0 Å². The minimum Gasteiger partial charge on any atom is -0.351 e. The van der Waals surface area contributed by atoms with E-state index in [0.29, 0.717) is 0 Å². The molecule has 2 aliphatic heterocycles. The molecule has 2 rings (SSSR count). The van der Waals surface area contributed by atoms with Crippen molar-refractivity contribution in [3.63, 3.8) is 0 Å². The largest absolute Gasteiger partial charge is 0.351 e. The molecule has 0 aromatic heterocycles. The van der Waals surface area contributed by atoms with E-state index in [1.54, 1.807) is 0 Å². The number of carbonyl (C=O) groups excluding carboxylic acids is 1. The lowest BCUT2D eigenvalue weighted by atomic mass is 9.99. The number of piperidine rings is 1. The first-order chi connectivity index (χ1) is 8.66. The quantitative estimate of drug-likeness (QED) is 0.725. The summed E-state index contributed by atoms with van der Waals surface area (Å²) in [4.78, 5) is 14.3. The molecule has 0 bridgehead atoms. The van der Waals surface area contributed by atoms with E-state index < -0.39 is 0 Å². The lowest BCUT2D eigenvalue weighted by Gasteiger charge is -2.30. The number of likely N-dealkylation sites (tertiary alicyclic amines) is 1. The third-order valence-electron chi connectivity index (χ3n) is 4.14. The van der Waals surface area contributed by atoms with Crippen LogP contribution in [-0.2, 0) is 4.79 Å². The summed E-state index contributed by atoms with van der Waals surface area (Å²) >= 11 is 0. The first-order valence-electron chi connectivity index (χ1n) is 7.06. The second-order valence-electron chi connectivity index (χ2n) is 5.61. The normalized spacial score (nSPS) is 21.6. The predicted octanol–water partition coefficient (Wildman–Crippen LogP) is 0.754. The standard InChI is InChI=1S/C14H25N3O/c1-11-3-6-17(7-4-11)8-5-16-14(18)12(2)13-9-15-10-13/h11,15H,3-10H2,1-2H3,(H,16,18). The fourth-order valence-corrected chi connectivity index (χ4v) is 2.42. The van der Waals surface area contributed by atoms with Gasteiger partial charge in [-0.2, -0.15) is 0 Å². The van der Waals surface area contributed by atoms with E-state index in [1.165, 1.54) is 31.5 Å². The van der Waals surface area contributed by atoms with Crippen LogP contribution in [0.15, 0.2) is 11.1 Å². The van der Waals surface area contributed by atoms with Gasteiger partial charge in [0.1, 0.15) is 0 Å². The molecule has 0 radical (unpaired) electrons. The van der Waals surface area contributed by atoms with Crippen molar-refractivity contribution in [2.75, 3.05) is 39.3 Å². The summed E-state index contributed by atoms with van der Waals surface area (Å²) in [5.41, 5.74) is 2.15. The molecule has 2 heterocycles. The van der Waals surface area contributed by atoms with Gasteiger partial charge in [-0.25, -0.2) is 0 Å². The Balaban J connectivity index is 1.64. The van der Waals surface area contributed by atoms with Crippen LogP contribution in [0.2, 0.25) is 0 Å². The Kier molecular flexibility index (Phi) is 4.78. The molecule has 0 saturated carbocycles. The number of amides is 1. The number of carbonyl (C=O) groups is 1. The van der Waals surface area contributed by atoms with Gasteiger partial charge < -0.3 is 15.5 Å². The van der Waals surface area contributed by atoms with Gasteiger partial charge in [0.15, 0.2) is 0 Å². The molecular formula is C14H25N3O. The van der Waals surface area contributed by atoms with Gasteiger partial charge in [-0.1, -0.05) is 6.92 Å². The fraction of sp³-hybridized carbons (Fsp3) is 0.786. The Morgan fingerprint density at radius 3 is 2.61 bits per heavy atom. The third kappa shape index (κ3) is 3.56. The van der Waals surface area contributed by atoms with Crippen molar-refractivity contribution >= 4 is 5.91 Å². The van der Waals surface area contributed by atoms with Crippen LogP contribution >= 0.6 is 0 Å².